The van der Waals surface area contributed by atoms with Crippen LogP contribution in [0, 0.1) is 0 Å². The molecule has 0 aliphatic carbocycles. The molecule has 0 fully saturated rings. The van der Waals surface area contributed by atoms with Gasteiger partial charge in [-0.2, -0.15) is 0 Å². The van der Waals surface area contributed by atoms with Crippen LogP contribution in [0.5, 0.6) is 0 Å². The Morgan fingerprint density at radius 1 is 1.28 bits per heavy atom. The Kier molecular flexibility index (Phi) is 5.64. The molecule has 0 amide bonds. The molecule has 1 N–H and O–H groups in total. The zero-order valence-corrected chi connectivity index (χ0v) is 12.9. The van der Waals surface area contributed by atoms with E-state index in [2.05, 4.69) is 50.3 Å². The first-order valence-electron chi connectivity index (χ1n) is 6.62. The first-order chi connectivity index (χ1) is 8.51. The molecule has 0 bridgehead atoms. The van der Waals surface area contributed by atoms with Crippen molar-refractivity contribution in [3.8, 4) is 0 Å². The zero-order chi connectivity index (χ0) is 13.8. The van der Waals surface area contributed by atoms with E-state index in [0.29, 0.717) is 0 Å². The normalized spacial score (nSPS) is 13.9. The van der Waals surface area contributed by atoms with Crippen molar-refractivity contribution in [2.45, 2.75) is 38.3 Å². The van der Waals surface area contributed by atoms with Crippen LogP contribution in [0.4, 0.5) is 0 Å². The lowest BCUT2D eigenvalue weighted by molar-refractivity contribution is 0.0918. The minimum Gasteiger partial charge on any atom is -0.311 e. The van der Waals surface area contributed by atoms with Crippen molar-refractivity contribution in [1.29, 1.82) is 0 Å². The third-order valence-electron chi connectivity index (χ3n) is 4.12. The van der Waals surface area contributed by atoms with Crippen LogP contribution in [0.15, 0.2) is 24.3 Å². The Hall–Kier alpha value is -0.570. The molecule has 1 atom stereocenters. The Morgan fingerprint density at radius 3 is 2.28 bits per heavy atom. The lowest BCUT2D eigenvalue weighted by Gasteiger charge is -2.45. The summed E-state index contributed by atoms with van der Waals surface area (Å²) in [4.78, 5) is 2.33. The molecule has 0 heterocycles. The Morgan fingerprint density at radius 2 is 1.89 bits per heavy atom. The second kappa shape index (κ2) is 6.55. The first kappa shape index (κ1) is 15.5. The standard InChI is InChI=1S/C15H25ClN2/c1-6-15(7-2,18(4)5)14(17-3)12-9-8-10-13(16)11-12/h8-11,14,17H,6-7H2,1-5H3. The highest BCUT2D eigenvalue weighted by Gasteiger charge is 2.37. The van der Waals surface area contributed by atoms with Crippen molar-refractivity contribution in [2.24, 2.45) is 0 Å². The average molecular weight is 269 g/mol. The van der Waals surface area contributed by atoms with Crippen molar-refractivity contribution >= 4 is 11.6 Å². The fraction of sp³-hybridized carbons (Fsp3) is 0.600. The summed E-state index contributed by atoms with van der Waals surface area (Å²) in [5.41, 5.74) is 1.36. The molecule has 1 unspecified atom stereocenters. The average Bonchev–Trinajstić information content (AvgIpc) is 2.35. The number of likely N-dealkylation sites (N-methyl/N-ethyl adjacent to an activating group) is 2. The lowest BCUT2D eigenvalue weighted by atomic mass is 9.79. The summed E-state index contributed by atoms with van der Waals surface area (Å²) < 4.78 is 0. The first-order valence-corrected chi connectivity index (χ1v) is 6.99. The third kappa shape index (κ3) is 2.87. The van der Waals surface area contributed by atoms with E-state index in [9.17, 15) is 0 Å². The topological polar surface area (TPSA) is 15.3 Å². The second-order valence-corrected chi connectivity index (χ2v) is 5.42. The van der Waals surface area contributed by atoms with E-state index < -0.39 is 0 Å². The van der Waals surface area contributed by atoms with Crippen LogP contribution in [-0.2, 0) is 0 Å². The van der Waals surface area contributed by atoms with Gasteiger partial charge in [0.05, 0.1) is 6.04 Å². The molecule has 0 radical (unpaired) electrons. The van der Waals surface area contributed by atoms with Crippen LogP contribution in [0.2, 0.25) is 5.02 Å². The van der Waals surface area contributed by atoms with Crippen molar-refractivity contribution in [3.05, 3.63) is 34.9 Å². The van der Waals surface area contributed by atoms with E-state index in [0.717, 1.165) is 17.9 Å². The van der Waals surface area contributed by atoms with Crippen molar-refractivity contribution in [2.75, 3.05) is 21.1 Å². The van der Waals surface area contributed by atoms with Crippen LogP contribution in [0.1, 0.15) is 38.3 Å². The van der Waals surface area contributed by atoms with E-state index in [-0.39, 0.29) is 11.6 Å². The number of hydrogen-bond donors (Lipinski definition) is 1. The highest BCUT2D eigenvalue weighted by atomic mass is 35.5. The van der Waals surface area contributed by atoms with Crippen LogP contribution < -0.4 is 5.32 Å². The van der Waals surface area contributed by atoms with Crippen molar-refractivity contribution < 1.29 is 0 Å². The van der Waals surface area contributed by atoms with Gasteiger partial charge in [0.2, 0.25) is 0 Å². The summed E-state index contributed by atoms with van der Waals surface area (Å²) in [5, 5.41) is 4.27. The van der Waals surface area contributed by atoms with Gasteiger partial charge in [-0.25, -0.2) is 0 Å². The predicted molar refractivity (Wildman–Crippen MR) is 80.3 cm³/mol. The van der Waals surface area contributed by atoms with Gasteiger partial charge >= 0.3 is 0 Å². The number of hydrogen-bond acceptors (Lipinski definition) is 2. The van der Waals surface area contributed by atoms with Crippen LogP contribution in [0.3, 0.4) is 0 Å². The monoisotopic (exact) mass is 268 g/mol. The van der Waals surface area contributed by atoms with Gasteiger partial charge < -0.3 is 10.2 Å². The van der Waals surface area contributed by atoms with Crippen molar-refractivity contribution in [1.82, 2.24) is 10.2 Å². The third-order valence-corrected chi connectivity index (χ3v) is 4.36. The molecule has 0 saturated carbocycles. The summed E-state index contributed by atoms with van der Waals surface area (Å²) in [6.07, 6.45) is 2.18. The van der Waals surface area contributed by atoms with E-state index in [1.54, 1.807) is 0 Å². The molecule has 1 aromatic carbocycles. The van der Waals surface area contributed by atoms with Gasteiger partial charge in [0.15, 0.2) is 0 Å². The summed E-state index contributed by atoms with van der Waals surface area (Å²) in [6.45, 7) is 4.50. The van der Waals surface area contributed by atoms with Crippen LogP contribution >= 0.6 is 11.6 Å². The Bertz CT molecular complexity index is 373. The molecular weight excluding hydrogens is 244 g/mol. The fourth-order valence-electron chi connectivity index (χ4n) is 2.98. The molecular formula is C15H25ClN2. The minimum atomic E-state index is 0.111. The largest absolute Gasteiger partial charge is 0.311 e. The fourth-order valence-corrected chi connectivity index (χ4v) is 3.18. The predicted octanol–water partition coefficient (Wildman–Crippen LogP) is 3.72. The SMILES string of the molecule is CCC(CC)(C(NC)c1cccc(Cl)c1)N(C)C. The van der Waals surface area contributed by atoms with E-state index in [1.807, 2.05) is 19.2 Å². The van der Waals surface area contributed by atoms with Gasteiger partial charge in [-0.3, -0.25) is 0 Å². The summed E-state index contributed by atoms with van der Waals surface area (Å²) in [5.74, 6) is 0. The highest BCUT2D eigenvalue weighted by Crippen LogP contribution is 2.36. The van der Waals surface area contributed by atoms with Gasteiger partial charge in [0, 0.05) is 10.6 Å². The summed E-state index contributed by atoms with van der Waals surface area (Å²) in [6, 6.07) is 8.44. The quantitative estimate of drug-likeness (QED) is 0.846. The highest BCUT2D eigenvalue weighted by molar-refractivity contribution is 6.30. The molecule has 1 rings (SSSR count). The number of benzene rings is 1. The molecule has 0 saturated heterocycles. The van der Waals surface area contributed by atoms with Crippen LogP contribution in [-0.4, -0.2) is 31.6 Å². The second-order valence-electron chi connectivity index (χ2n) is 4.98. The van der Waals surface area contributed by atoms with E-state index in [1.165, 1.54) is 5.56 Å². The number of nitrogens with zero attached hydrogens (tertiary/aromatic N) is 1. The number of halogens is 1. The maximum atomic E-state index is 6.12. The number of nitrogens with one attached hydrogen (secondary N) is 1. The summed E-state index contributed by atoms with van der Waals surface area (Å²) >= 11 is 6.12. The molecule has 0 aromatic heterocycles. The molecule has 0 aliphatic rings. The van der Waals surface area contributed by atoms with Gasteiger partial charge in [-0.05, 0) is 51.7 Å². The molecule has 18 heavy (non-hydrogen) atoms. The van der Waals surface area contributed by atoms with Crippen molar-refractivity contribution in [3.63, 3.8) is 0 Å². The zero-order valence-electron chi connectivity index (χ0n) is 12.1. The number of rotatable bonds is 6. The Balaban J connectivity index is 3.22. The van der Waals surface area contributed by atoms with Gasteiger partial charge in [0.1, 0.15) is 0 Å². The molecule has 102 valence electrons. The lowest BCUT2D eigenvalue weighted by Crippen LogP contribution is -2.52. The van der Waals surface area contributed by atoms with E-state index >= 15 is 0 Å². The molecule has 0 spiro atoms. The molecule has 2 nitrogen and oxygen atoms in total. The van der Waals surface area contributed by atoms with E-state index in [4.69, 9.17) is 11.6 Å². The molecule has 1 aromatic rings. The maximum Gasteiger partial charge on any atom is 0.0504 e. The molecule has 3 heteroatoms. The summed E-state index contributed by atoms with van der Waals surface area (Å²) in [7, 11) is 6.33. The molecule has 0 aliphatic heterocycles. The minimum absolute atomic E-state index is 0.111. The maximum absolute atomic E-state index is 6.12. The smallest absolute Gasteiger partial charge is 0.0504 e. The van der Waals surface area contributed by atoms with Gasteiger partial charge in [0.25, 0.3) is 0 Å². The van der Waals surface area contributed by atoms with Gasteiger partial charge in [-0.1, -0.05) is 37.6 Å². The van der Waals surface area contributed by atoms with Crippen LogP contribution in [0.25, 0.3) is 0 Å². The van der Waals surface area contributed by atoms with Gasteiger partial charge in [-0.15, -0.1) is 0 Å². The Labute approximate surface area is 116 Å².